The lowest BCUT2D eigenvalue weighted by molar-refractivity contribution is 0.0898. The van der Waals surface area contributed by atoms with E-state index in [-0.39, 0.29) is 0 Å². The average molecular weight is 246 g/mol. The van der Waals surface area contributed by atoms with Gasteiger partial charge in [0.15, 0.2) is 11.0 Å². The zero-order chi connectivity index (χ0) is 10.3. The highest BCUT2D eigenvalue weighted by Gasteiger charge is 2.40. The lowest BCUT2D eigenvalue weighted by atomic mass is 10.1. The van der Waals surface area contributed by atoms with E-state index in [1.165, 1.54) is 12.8 Å². The Bertz CT molecular complexity index is 355. The second-order valence-electron chi connectivity index (χ2n) is 4.12. The van der Waals surface area contributed by atoms with E-state index in [1.807, 2.05) is 0 Å². The SMILES string of the molecule is Clc1nsnc1NC1CCOC1C1CC1. The molecule has 0 aromatic carbocycles. The average Bonchev–Trinajstić information content (AvgIpc) is 2.85. The van der Waals surface area contributed by atoms with Crippen LogP contribution in [0, 0.1) is 5.92 Å². The lowest BCUT2D eigenvalue weighted by Crippen LogP contribution is -2.31. The summed E-state index contributed by atoms with van der Waals surface area (Å²) in [6.07, 6.45) is 3.98. The fourth-order valence-corrected chi connectivity index (χ4v) is 2.75. The highest BCUT2D eigenvalue weighted by molar-refractivity contribution is 6.99. The summed E-state index contributed by atoms with van der Waals surface area (Å²) >= 11 is 7.03. The van der Waals surface area contributed by atoms with Gasteiger partial charge < -0.3 is 10.1 Å². The molecule has 1 aromatic rings. The molecule has 15 heavy (non-hydrogen) atoms. The van der Waals surface area contributed by atoms with Crippen LogP contribution in [-0.4, -0.2) is 27.5 Å². The van der Waals surface area contributed by atoms with Crippen molar-refractivity contribution in [2.24, 2.45) is 5.92 Å². The molecule has 0 bridgehead atoms. The topological polar surface area (TPSA) is 47.0 Å². The predicted molar refractivity (Wildman–Crippen MR) is 59.4 cm³/mol. The van der Waals surface area contributed by atoms with Crippen molar-refractivity contribution in [3.63, 3.8) is 0 Å². The molecule has 1 N–H and O–H groups in total. The first-order valence-electron chi connectivity index (χ1n) is 5.21. The van der Waals surface area contributed by atoms with Crippen molar-refractivity contribution in [2.75, 3.05) is 11.9 Å². The number of anilines is 1. The molecule has 1 saturated carbocycles. The standard InChI is InChI=1S/C9H12ClN3OS/c10-8-9(13-15-12-8)11-6-3-4-14-7(6)5-1-2-5/h5-7H,1-4H2,(H,11,13). The minimum absolute atomic E-state index is 0.350. The molecule has 1 aliphatic carbocycles. The van der Waals surface area contributed by atoms with Crippen LogP contribution in [0.25, 0.3) is 0 Å². The fraction of sp³-hybridized carbons (Fsp3) is 0.778. The molecule has 1 aliphatic heterocycles. The van der Waals surface area contributed by atoms with E-state index >= 15 is 0 Å². The van der Waals surface area contributed by atoms with Gasteiger partial charge >= 0.3 is 0 Å². The molecule has 4 nitrogen and oxygen atoms in total. The number of ether oxygens (including phenoxy) is 1. The van der Waals surface area contributed by atoms with E-state index in [2.05, 4.69) is 14.1 Å². The first kappa shape index (κ1) is 9.81. The molecular formula is C9H12ClN3OS. The number of halogens is 1. The van der Waals surface area contributed by atoms with Gasteiger partial charge in [0, 0.05) is 6.61 Å². The first-order chi connectivity index (χ1) is 7.34. The van der Waals surface area contributed by atoms with Crippen LogP contribution in [0.2, 0.25) is 5.15 Å². The van der Waals surface area contributed by atoms with Crippen LogP contribution >= 0.6 is 23.3 Å². The molecule has 2 aliphatic rings. The Labute approximate surface area is 97.3 Å². The fourth-order valence-electron chi connectivity index (χ4n) is 2.09. The van der Waals surface area contributed by atoms with Crippen molar-refractivity contribution in [3.05, 3.63) is 5.15 Å². The largest absolute Gasteiger partial charge is 0.376 e. The normalized spacial score (nSPS) is 30.7. The first-order valence-corrected chi connectivity index (χ1v) is 6.31. The van der Waals surface area contributed by atoms with E-state index in [0.29, 0.717) is 23.1 Å². The third-order valence-electron chi connectivity index (χ3n) is 2.99. The minimum Gasteiger partial charge on any atom is -0.376 e. The van der Waals surface area contributed by atoms with Gasteiger partial charge in [0.25, 0.3) is 0 Å². The molecule has 0 spiro atoms. The third-order valence-corrected chi connectivity index (χ3v) is 3.89. The maximum atomic E-state index is 5.89. The third kappa shape index (κ3) is 1.96. The van der Waals surface area contributed by atoms with Gasteiger partial charge in [0.1, 0.15) is 0 Å². The van der Waals surface area contributed by atoms with Gasteiger partial charge in [0.2, 0.25) is 0 Å². The van der Waals surface area contributed by atoms with Crippen LogP contribution in [-0.2, 0) is 4.74 Å². The summed E-state index contributed by atoms with van der Waals surface area (Å²) in [7, 11) is 0. The summed E-state index contributed by atoms with van der Waals surface area (Å²) in [4.78, 5) is 0. The molecule has 82 valence electrons. The molecule has 2 fully saturated rings. The van der Waals surface area contributed by atoms with Gasteiger partial charge in [0.05, 0.1) is 23.9 Å². The summed E-state index contributed by atoms with van der Waals surface area (Å²) in [6.45, 7) is 0.841. The Hall–Kier alpha value is -0.390. The van der Waals surface area contributed by atoms with Gasteiger partial charge in [-0.1, -0.05) is 11.6 Å². The van der Waals surface area contributed by atoms with Crippen molar-refractivity contribution in [3.8, 4) is 0 Å². The van der Waals surface area contributed by atoms with E-state index in [9.17, 15) is 0 Å². The molecular weight excluding hydrogens is 234 g/mol. The second kappa shape index (κ2) is 3.88. The number of nitrogens with zero attached hydrogens (tertiary/aromatic N) is 2. The Balaban J connectivity index is 1.69. The monoisotopic (exact) mass is 245 g/mol. The van der Waals surface area contributed by atoms with E-state index in [1.54, 1.807) is 0 Å². The molecule has 1 aromatic heterocycles. The van der Waals surface area contributed by atoms with Crippen LogP contribution in [0.4, 0.5) is 5.82 Å². The summed E-state index contributed by atoms with van der Waals surface area (Å²) in [5, 5.41) is 3.81. The number of aromatic nitrogens is 2. The van der Waals surface area contributed by atoms with E-state index in [4.69, 9.17) is 16.3 Å². The summed E-state index contributed by atoms with van der Waals surface area (Å²) < 4.78 is 13.8. The summed E-state index contributed by atoms with van der Waals surface area (Å²) in [5.74, 6) is 1.46. The van der Waals surface area contributed by atoms with Gasteiger partial charge in [-0.15, -0.1) is 0 Å². The highest BCUT2D eigenvalue weighted by atomic mass is 35.5. The van der Waals surface area contributed by atoms with Crippen LogP contribution < -0.4 is 5.32 Å². The van der Waals surface area contributed by atoms with Crippen molar-refractivity contribution in [2.45, 2.75) is 31.4 Å². The van der Waals surface area contributed by atoms with Gasteiger partial charge in [-0.3, -0.25) is 0 Å². The van der Waals surface area contributed by atoms with E-state index < -0.39 is 0 Å². The Morgan fingerprint density at radius 1 is 1.33 bits per heavy atom. The van der Waals surface area contributed by atoms with Crippen LogP contribution in [0.1, 0.15) is 19.3 Å². The smallest absolute Gasteiger partial charge is 0.186 e. The van der Waals surface area contributed by atoms with Gasteiger partial charge in [-0.05, 0) is 25.2 Å². The number of hydrogen-bond donors (Lipinski definition) is 1. The maximum Gasteiger partial charge on any atom is 0.186 e. The van der Waals surface area contributed by atoms with Crippen LogP contribution in [0.3, 0.4) is 0 Å². The Morgan fingerprint density at radius 2 is 2.20 bits per heavy atom. The molecule has 1 saturated heterocycles. The molecule has 2 heterocycles. The molecule has 6 heteroatoms. The minimum atomic E-state index is 0.350. The zero-order valence-electron chi connectivity index (χ0n) is 8.15. The zero-order valence-corrected chi connectivity index (χ0v) is 9.72. The van der Waals surface area contributed by atoms with Crippen molar-refractivity contribution >= 4 is 29.1 Å². The predicted octanol–water partition coefficient (Wildman–Crippen LogP) is 2.17. The van der Waals surface area contributed by atoms with Crippen molar-refractivity contribution < 1.29 is 4.74 Å². The van der Waals surface area contributed by atoms with Gasteiger partial charge in [-0.2, -0.15) is 8.75 Å². The second-order valence-corrected chi connectivity index (χ2v) is 5.00. The quantitative estimate of drug-likeness (QED) is 0.887. The number of hydrogen-bond acceptors (Lipinski definition) is 5. The molecule has 0 amide bonds. The number of rotatable bonds is 3. The summed E-state index contributed by atoms with van der Waals surface area (Å²) in [6, 6.07) is 0.360. The van der Waals surface area contributed by atoms with Crippen molar-refractivity contribution in [1.29, 1.82) is 0 Å². The van der Waals surface area contributed by atoms with E-state index in [0.717, 1.165) is 30.7 Å². The number of nitrogens with one attached hydrogen (secondary N) is 1. The Morgan fingerprint density at radius 3 is 2.87 bits per heavy atom. The lowest BCUT2D eigenvalue weighted by Gasteiger charge is -2.18. The molecule has 2 atom stereocenters. The van der Waals surface area contributed by atoms with Crippen LogP contribution in [0.15, 0.2) is 0 Å². The van der Waals surface area contributed by atoms with Crippen molar-refractivity contribution in [1.82, 2.24) is 8.75 Å². The van der Waals surface area contributed by atoms with Crippen LogP contribution in [0.5, 0.6) is 0 Å². The van der Waals surface area contributed by atoms with Gasteiger partial charge in [-0.25, -0.2) is 0 Å². The Kier molecular flexibility index (Phi) is 2.54. The molecule has 2 unspecified atom stereocenters. The highest BCUT2D eigenvalue weighted by Crippen LogP contribution is 2.39. The molecule has 3 rings (SSSR count). The maximum absolute atomic E-state index is 5.89. The molecule has 0 radical (unpaired) electrons. The summed E-state index contributed by atoms with van der Waals surface area (Å²) in [5.41, 5.74) is 0.